The number of pyridine rings is 1. The number of nitrogens with zero attached hydrogens (tertiary/aromatic N) is 1. The average molecular weight is 249 g/mol. The van der Waals surface area contributed by atoms with Crippen LogP contribution in [-0.2, 0) is 6.42 Å². The zero-order valence-corrected chi connectivity index (χ0v) is 10.9. The maximum atomic E-state index is 6.12. The summed E-state index contributed by atoms with van der Waals surface area (Å²) >= 11 is 5.96. The second kappa shape index (κ2) is 5.03. The molecule has 0 bridgehead atoms. The monoisotopic (exact) mass is 248 g/mol. The number of rotatable bonds is 3. The van der Waals surface area contributed by atoms with Crippen LogP contribution in [0.2, 0.25) is 5.02 Å². The lowest BCUT2D eigenvalue weighted by molar-refractivity contribution is 0.491. The highest BCUT2D eigenvalue weighted by molar-refractivity contribution is 6.31. The average Bonchev–Trinajstić information content (AvgIpc) is 2.28. The van der Waals surface area contributed by atoms with E-state index in [0.29, 0.717) is 5.92 Å². The van der Waals surface area contributed by atoms with Gasteiger partial charge in [0.1, 0.15) is 0 Å². The molecule has 1 aromatic heterocycles. The van der Waals surface area contributed by atoms with E-state index in [9.17, 15) is 0 Å². The highest BCUT2D eigenvalue weighted by atomic mass is 35.5. The first-order valence-corrected chi connectivity index (χ1v) is 6.24. The van der Waals surface area contributed by atoms with Gasteiger partial charge in [-0.15, -0.1) is 0 Å². The smallest absolute Gasteiger partial charge is 0.0719 e. The molecule has 1 unspecified atom stereocenters. The minimum absolute atomic E-state index is 0.177. The minimum atomic E-state index is 0.177. The quantitative estimate of drug-likeness (QED) is 0.904. The van der Waals surface area contributed by atoms with Gasteiger partial charge in [0, 0.05) is 22.6 Å². The van der Waals surface area contributed by atoms with E-state index in [1.807, 2.05) is 30.5 Å². The van der Waals surface area contributed by atoms with E-state index in [1.54, 1.807) is 0 Å². The Labute approximate surface area is 107 Å². The maximum absolute atomic E-state index is 6.12. The molecule has 0 fully saturated rings. The number of halogens is 1. The second-order valence-electron chi connectivity index (χ2n) is 4.74. The van der Waals surface area contributed by atoms with Crippen LogP contribution in [0.15, 0.2) is 30.5 Å². The van der Waals surface area contributed by atoms with Gasteiger partial charge in [-0.1, -0.05) is 31.5 Å². The summed E-state index contributed by atoms with van der Waals surface area (Å²) in [7, 11) is 0. The molecule has 0 saturated heterocycles. The molecule has 2 nitrogen and oxygen atoms in total. The van der Waals surface area contributed by atoms with Crippen LogP contribution >= 0.6 is 11.6 Å². The predicted octanol–water partition coefficient (Wildman–Crippen LogP) is 3.41. The Morgan fingerprint density at radius 1 is 1.29 bits per heavy atom. The van der Waals surface area contributed by atoms with Crippen molar-refractivity contribution in [3.63, 3.8) is 0 Å². The number of nitrogens with two attached hydrogens (primary N) is 1. The van der Waals surface area contributed by atoms with Gasteiger partial charge >= 0.3 is 0 Å². The van der Waals surface area contributed by atoms with E-state index in [1.165, 1.54) is 5.56 Å². The number of benzene rings is 1. The molecule has 0 amide bonds. The van der Waals surface area contributed by atoms with E-state index in [0.717, 1.165) is 22.3 Å². The summed E-state index contributed by atoms with van der Waals surface area (Å²) in [5, 5.41) is 1.86. The molecule has 3 heteroatoms. The molecule has 0 aliphatic rings. The maximum Gasteiger partial charge on any atom is 0.0719 e. The normalized spacial score (nSPS) is 13.2. The molecule has 1 atom stereocenters. The van der Waals surface area contributed by atoms with Gasteiger partial charge in [-0.05, 0) is 36.1 Å². The molecular weight excluding hydrogens is 232 g/mol. The third-order valence-corrected chi connectivity index (χ3v) is 3.34. The zero-order valence-electron chi connectivity index (χ0n) is 10.2. The summed E-state index contributed by atoms with van der Waals surface area (Å²) in [5.41, 5.74) is 8.30. The SMILES string of the molecule is CC(C)C(N)Cc1ccnc2cc(Cl)ccc12. The van der Waals surface area contributed by atoms with Crippen LogP contribution in [0.4, 0.5) is 0 Å². The molecule has 0 aliphatic heterocycles. The Bertz CT molecular complexity index is 523. The summed E-state index contributed by atoms with van der Waals surface area (Å²) in [4.78, 5) is 4.33. The lowest BCUT2D eigenvalue weighted by Crippen LogP contribution is -2.28. The van der Waals surface area contributed by atoms with Crippen molar-refractivity contribution in [3.8, 4) is 0 Å². The van der Waals surface area contributed by atoms with Crippen molar-refractivity contribution >= 4 is 22.5 Å². The van der Waals surface area contributed by atoms with Gasteiger partial charge in [0.2, 0.25) is 0 Å². The highest BCUT2D eigenvalue weighted by Gasteiger charge is 2.11. The van der Waals surface area contributed by atoms with Crippen molar-refractivity contribution in [2.75, 3.05) is 0 Å². The largest absolute Gasteiger partial charge is 0.327 e. The minimum Gasteiger partial charge on any atom is -0.327 e. The van der Waals surface area contributed by atoms with Gasteiger partial charge in [-0.2, -0.15) is 0 Å². The third-order valence-electron chi connectivity index (χ3n) is 3.11. The van der Waals surface area contributed by atoms with Crippen LogP contribution in [-0.4, -0.2) is 11.0 Å². The Morgan fingerprint density at radius 3 is 2.76 bits per heavy atom. The van der Waals surface area contributed by atoms with Crippen molar-refractivity contribution in [3.05, 3.63) is 41.0 Å². The molecule has 1 heterocycles. The zero-order chi connectivity index (χ0) is 12.4. The van der Waals surface area contributed by atoms with Crippen LogP contribution in [0.25, 0.3) is 10.9 Å². The highest BCUT2D eigenvalue weighted by Crippen LogP contribution is 2.22. The molecule has 0 saturated carbocycles. The van der Waals surface area contributed by atoms with Crippen LogP contribution in [0.5, 0.6) is 0 Å². The van der Waals surface area contributed by atoms with E-state index in [2.05, 4.69) is 18.8 Å². The van der Waals surface area contributed by atoms with Crippen LogP contribution in [0.3, 0.4) is 0 Å². The Morgan fingerprint density at radius 2 is 2.06 bits per heavy atom. The lowest BCUT2D eigenvalue weighted by atomic mass is 9.95. The molecule has 2 N–H and O–H groups in total. The van der Waals surface area contributed by atoms with Gasteiger partial charge in [0.25, 0.3) is 0 Å². The van der Waals surface area contributed by atoms with Crippen molar-refractivity contribution in [1.82, 2.24) is 4.98 Å². The number of fused-ring (bicyclic) bond motifs is 1. The summed E-state index contributed by atoms with van der Waals surface area (Å²) in [6, 6.07) is 8.03. The Balaban J connectivity index is 2.41. The van der Waals surface area contributed by atoms with Gasteiger partial charge in [0.05, 0.1) is 5.52 Å². The first kappa shape index (κ1) is 12.3. The topological polar surface area (TPSA) is 38.9 Å². The number of aromatic nitrogens is 1. The molecule has 90 valence electrons. The summed E-state index contributed by atoms with van der Waals surface area (Å²) < 4.78 is 0. The molecule has 17 heavy (non-hydrogen) atoms. The fourth-order valence-electron chi connectivity index (χ4n) is 1.85. The van der Waals surface area contributed by atoms with Crippen molar-refractivity contribution in [2.45, 2.75) is 26.3 Å². The number of hydrogen-bond donors (Lipinski definition) is 1. The summed E-state index contributed by atoms with van der Waals surface area (Å²) in [5.74, 6) is 0.477. The Hall–Kier alpha value is -1.12. The first-order chi connectivity index (χ1) is 8.08. The van der Waals surface area contributed by atoms with Crippen molar-refractivity contribution < 1.29 is 0 Å². The molecule has 0 spiro atoms. The number of hydrogen-bond acceptors (Lipinski definition) is 2. The van der Waals surface area contributed by atoms with Crippen LogP contribution < -0.4 is 5.73 Å². The molecule has 2 aromatic rings. The van der Waals surface area contributed by atoms with Crippen LogP contribution in [0, 0.1) is 5.92 Å². The van der Waals surface area contributed by atoms with Gasteiger partial charge in [0.15, 0.2) is 0 Å². The van der Waals surface area contributed by atoms with Gasteiger partial charge in [-0.3, -0.25) is 4.98 Å². The van der Waals surface area contributed by atoms with Crippen LogP contribution in [0.1, 0.15) is 19.4 Å². The van der Waals surface area contributed by atoms with Crippen molar-refractivity contribution in [2.24, 2.45) is 11.7 Å². The molecular formula is C14H17ClN2. The summed E-state index contributed by atoms with van der Waals surface area (Å²) in [6.07, 6.45) is 2.69. The van der Waals surface area contributed by atoms with E-state index < -0.39 is 0 Å². The van der Waals surface area contributed by atoms with Gasteiger partial charge < -0.3 is 5.73 Å². The standard InChI is InChI=1S/C14H17ClN2/c1-9(2)13(16)7-10-5-6-17-14-8-11(15)3-4-12(10)14/h3-6,8-9,13H,7,16H2,1-2H3. The fourth-order valence-corrected chi connectivity index (χ4v) is 2.01. The first-order valence-electron chi connectivity index (χ1n) is 5.86. The molecule has 2 rings (SSSR count). The lowest BCUT2D eigenvalue weighted by Gasteiger charge is -2.16. The second-order valence-corrected chi connectivity index (χ2v) is 5.18. The molecule has 0 aliphatic carbocycles. The van der Waals surface area contributed by atoms with E-state index in [-0.39, 0.29) is 6.04 Å². The fraction of sp³-hybridized carbons (Fsp3) is 0.357. The molecule has 0 radical (unpaired) electrons. The third kappa shape index (κ3) is 2.76. The predicted molar refractivity (Wildman–Crippen MR) is 73.3 cm³/mol. The molecule has 1 aromatic carbocycles. The summed E-state index contributed by atoms with van der Waals surface area (Å²) in [6.45, 7) is 4.29. The Kier molecular flexibility index (Phi) is 3.65. The van der Waals surface area contributed by atoms with Gasteiger partial charge in [-0.25, -0.2) is 0 Å². The van der Waals surface area contributed by atoms with E-state index >= 15 is 0 Å². The van der Waals surface area contributed by atoms with E-state index in [4.69, 9.17) is 17.3 Å². The van der Waals surface area contributed by atoms with Crippen molar-refractivity contribution in [1.29, 1.82) is 0 Å².